The van der Waals surface area contributed by atoms with Crippen molar-refractivity contribution in [2.45, 2.75) is 13.8 Å². The smallest absolute Gasteiger partial charge is 0.251 e. The zero-order valence-corrected chi connectivity index (χ0v) is 14.4. The van der Waals surface area contributed by atoms with Gasteiger partial charge in [0.2, 0.25) is 5.91 Å². The molecule has 128 valence electrons. The Morgan fingerprint density at radius 3 is 2.40 bits per heavy atom. The van der Waals surface area contributed by atoms with Crippen molar-refractivity contribution in [2.75, 3.05) is 22.9 Å². The molecule has 0 fully saturated rings. The Hall–Kier alpha value is -2.95. The van der Waals surface area contributed by atoms with E-state index in [4.69, 9.17) is 0 Å². The van der Waals surface area contributed by atoms with Gasteiger partial charge < -0.3 is 9.80 Å². The topological polar surface area (TPSA) is 53.5 Å². The van der Waals surface area contributed by atoms with Gasteiger partial charge in [-0.1, -0.05) is 25.1 Å². The number of fused-ring (bicyclic) bond motifs is 1. The maximum absolute atomic E-state index is 12.8. The van der Waals surface area contributed by atoms with Gasteiger partial charge in [-0.25, -0.2) is 0 Å². The molecule has 1 unspecified atom stereocenters. The molecule has 25 heavy (non-hydrogen) atoms. The molecule has 0 bridgehead atoms. The molecule has 0 saturated heterocycles. The van der Waals surface area contributed by atoms with E-state index in [-0.39, 0.29) is 17.7 Å². The van der Waals surface area contributed by atoms with E-state index in [1.54, 1.807) is 41.3 Å². The molecule has 5 heteroatoms. The van der Waals surface area contributed by atoms with Gasteiger partial charge in [-0.15, -0.1) is 0 Å². The summed E-state index contributed by atoms with van der Waals surface area (Å²) in [5.74, 6) is 0.0556. The number of hydrogen-bond donors (Lipinski definition) is 0. The summed E-state index contributed by atoms with van der Waals surface area (Å²) in [4.78, 5) is 32.4. The summed E-state index contributed by atoms with van der Waals surface area (Å²) >= 11 is 0. The fourth-order valence-electron chi connectivity index (χ4n) is 3.04. The van der Waals surface area contributed by atoms with Crippen LogP contribution >= 0.6 is 0 Å². The van der Waals surface area contributed by atoms with Gasteiger partial charge >= 0.3 is 0 Å². The van der Waals surface area contributed by atoms with Gasteiger partial charge in [0.05, 0.1) is 11.4 Å². The number of anilines is 2. The minimum atomic E-state index is -0.103. The summed E-state index contributed by atoms with van der Waals surface area (Å²) in [5.41, 5.74) is 2.42. The highest BCUT2D eigenvalue weighted by atomic mass is 16.2. The normalized spacial score (nSPS) is 17.3. The van der Waals surface area contributed by atoms with Gasteiger partial charge in [0.1, 0.15) is 0 Å². The van der Waals surface area contributed by atoms with Crippen molar-refractivity contribution in [3.8, 4) is 0 Å². The first-order valence-corrected chi connectivity index (χ1v) is 8.33. The summed E-state index contributed by atoms with van der Waals surface area (Å²) in [6, 6.07) is 11.3. The molecular weight excluding hydrogens is 314 g/mol. The SMILES string of the molecule is CC(=O)N1CC(C)CN(C(=O)C=Cc2cccnc2)c2ccccc21. The predicted molar refractivity (Wildman–Crippen MR) is 99.3 cm³/mol. The van der Waals surface area contributed by atoms with E-state index in [1.165, 1.54) is 0 Å². The number of carbonyl (C=O) groups is 2. The molecule has 0 saturated carbocycles. The zero-order chi connectivity index (χ0) is 17.8. The zero-order valence-electron chi connectivity index (χ0n) is 14.4. The molecule has 2 aromatic rings. The summed E-state index contributed by atoms with van der Waals surface area (Å²) in [5, 5.41) is 0. The first-order chi connectivity index (χ1) is 12.1. The van der Waals surface area contributed by atoms with Crippen LogP contribution in [0.3, 0.4) is 0 Å². The lowest BCUT2D eigenvalue weighted by Gasteiger charge is -2.24. The van der Waals surface area contributed by atoms with Crippen LogP contribution in [0.15, 0.2) is 54.9 Å². The first kappa shape index (κ1) is 16.9. The molecule has 1 aliphatic rings. The quantitative estimate of drug-likeness (QED) is 0.792. The standard InChI is InChI=1S/C20H21N3O2/c1-15-13-22(16(2)24)18-7-3-4-8-19(18)23(14-15)20(25)10-9-17-6-5-11-21-12-17/h3-12,15H,13-14H2,1-2H3. The molecule has 3 rings (SSSR count). The monoisotopic (exact) mass is 335 g/mol. The summed E-state index contributed by atoms with van der Waals surface area (Å²) in [6.07, 6.45) is 6.72. The van der Waals surface area contributed by atoms with Crippen molar-refractivity contribution >= 4 is 29.3 Å². The van der Waals surface area contributed by atoms with Crippen molar-refractivity contribution < 1.29 is 9.59 Å². The van der Waals surface area contributed by atoms with E-state index in [2.05, 4.69) is 4.98 Å². The number of amides is 2. The van der Waals surface area contributed by atoms with Crippen LogP contribution < -0.4 is 9.80 Å². The van der Waals surface area contributed by atoms with Gasteiger partial charge in [-0.2, -0.15) is 0 Å². The number of hydrogen-bond acceptors (Lipinski definition) is 3. The van der Waals surface area contributed by atoms with E-state index < -0.39 is 0 Å². The van der Waals surface area contributed by atoms with Crippen LogP contribution in [-0.4, -0.2) is 29.9 Å². The molecule has 1 aliphatic heterocycles. The Morgan fingerprint density at radius 2 is 1.76 bits per heavy atom. The predicted octanol–water partition coefficient (Wildman–Crippen LogP) is 3.13. The molecule has 0 N–H and O–H groups in total. The molecular formula is C20H21N3O2. The minimum Gasteiger partial charge on any atom is -0.310 e. The number of benzene rings is 1. The van der Waals surface area contributed by atoms with Crippen LogP contribution in [0.4, 0.5) is 11.4 Å². The maximum atomic E-state index is 12.8. The highest BCUT2D eigenvalue weighted by Gasteiger charge is 2.28. The average molecular weight is 335 g/mol. The number of carbonyl (C=O) groups excluding carboxylic acids is 2. The van der Waals surface area contributed by atoms with Crippen LogP contribution in [0.2, 0.25) is 0 Å². The average Bonchev–Trinajstić information content (AvgIpc) is 2.78. The first-order valence-electron chi connectivity index (χ1n) is 8.33. The molecule has 0 spiro atoms. The fourth-order valence-corrected chi connectivity index (χ4v) is 3.04. The highest BCUT2D eigenvalue weighted by molar-refractivity contribution is 6.07. The molecule has 1 aromatic heterocycles. The van der Waals surface area contributed by atoms with Crippen LogP contribution in [-0.2, 0) is 9.59 Å². The Labute approximate surface area is 147 Å². The highest BCUT2D eigenvalue weighted by Crippen LogP contribution is 2.33. The third kappa shape index (κ3) is 3.76. The van der Waals surface area contributed by atoms with E-state index >= 15 is 0 Å². The lowest BCUT2D eigenvalue weighted by molar-refractivity contribution is -0.116. The Morgan fingerprint density at radius 1 is 1.08 bits per heavy atom. The van der Waals surface area contributed by atoms with E-state index in [1.807, 2.05) is 43.3 Å². The van der Waals surface area contributed by atoms with Crippen molar-refractivity contribution in [1.82, 2.24) is 4.98 Å². The number of rotatable bonds is 2. The second-order valence-corrected chi connectivity index (χ2v) is 6.29. The van der Waals surface area contributed by atoms with Crippen LogP contribution in [0.1, 0.15) is 19.4 Å². The van der Waals surface area contributed by atoms with Crippen molar-refractivity contribution in [2.24, 2.45) is 5.92 Å². The number of pyridine rings is 1. The van der Waals surface area contributed by atoms with Gasteiger partial charge in [-0.05, 0) is 35.8 Å². The number of aromatic nitrogens is 1. The van der Waals surface area contributed by atoms with E-state index in [9.17, 15) is 9.59 Å². The van der Waals surface area contributed by atoms with Crippen molar-refractivity contribution in [1.29, 1.82) is 0 Å². The summed E-state index contributed by atoms with van der Waals surface area (Å²) in [7, 11) is 0. The van der Waals surface area contributed by atoms with Crippen LogP contribution in [0.5, 0.6) is 0 Å². The molecule has 2 amide bonds. The van der Waals surface area contributed by atoms with Gasteiger partial charge in [0, 0.05) is 38.5 Å². The molecule has 0 aliphatic carbocycles. The van der Waals surface area contributed by atoms with E-state index in [0.717, 1.165) is 16.9 Å². The summed E-state index contributed by atoms with van der Waals surface area (Å²) < 4.78 is 0. The van der Waals surface area contributed by atoms with Gasteiger partial charge in [-0.3, -0.25) is 14.6 Å². The number of nitrogens with zero attached hydrogens (tertiary/aromatic N) is 3. The van der Waals surface area contributed by atoms with Gasteiger partial charge in [0.15, 0.2) is 0 Å². The fraction of sp³-hybridized carbons (Fsp3) is 0.250. The summed E-state index contributed by atoms with van der Waals surface area (Å²) in [6.45, 7) is 4.77. The van der Waals surface area contributed by atoms with Crippen molar-refractivity contribution in [3.05, 3.63) is 60.4 Å². The number of para-hydroxylation sites is 2. The third-order valence-electron chi connectivity index (χ3n) is 4.20. The largest absolute Gasteiger partial charge is 0.310 e. The van der Waals surface area contributed by atoms with Crippen LogP contribution in [0, 0.1) is 5.92 Å². The minimum absolute atomic E-state index is 0.0144. The lowest BCUT2D eigenvalue weighted by Crippen LogP contribution is -2.35. The maximum Gasteiger partial charge on any atom is 0.251 e. The lowest BCUT2D eigenvalue weighted by atomic mass is 10.1. The van der Waals surface area contributed by atoms with E-state index in [0.29, 0.717) is 13.1 Å². The molecule has 0 radical (unpaired) electrons. The molecule has 5 nitrogen and oxygen atoms in total. The second kappa shape index (κ2) is 7.30. The molecule has 1 aromatic carbocycles. The Kier molecular flexibility index (Phi) is 4.93. The third-order valence-corrected chi connectivity index (χ3v) is 4.20. The van der Waals surface area contributed by atoms with Crippen LogP contribution in [0.25, 0.3) is 6.08 Å². The molecule has 2 heterocycles. The van der Waals surface area contributed by atoms with Gasteiger partial charge in [0.25, 0.3) is 5.91 Å². The second-order valence-electron chi connectivity index (χ2n) is 6.29. The molecule has 1 atom stereocenters. The Balaban J connectivity index is 1.94. The Bertz CT molecular complexity index is 802. The van der Waals surface area contributed by atoms with Crippen molar-refractivity contribution in [3.63, 3.8) is 0 Å².